The Morgan fingerprint density at radius 1 is 1.19 bits per heavy atom. The van der Waals surface area contributed by atoms with Gasteiger partial charge in [0.2, 0.25) is 10.0 Å². The molecule has 0 heterocycles. The zero-order chi connectivity index (χ0) is 15.5. The van der Waals surface area contributed by atoms with Crippen LogP contribution in [0.15, 0.2) is 47.4 Å². The monoisotopic (exact) mass is 324 g/mol. The summed E-state index contributed by atoms with van der Waals surface area (Å²) < 4.78 is 27.2. The van der Waals surface area contributed by atoms with Crippen LogP contribution >= 0.6 is 11.6 Å². The topological polar surface area (TPSA) is 72.2 Å². The molecule has 0 unspecified atom stereocenters. The Morgan fingerprint density at radius 2 is 1.86 bits per heavy atom. The molecule has 4 nitrogen and oxygen atoms in total. The van der Waals surface area contributed by atoms with Crippen LogP contribution in [0.25, 0.3) is 0 Å². The minimum atomic E-state index is -3.62. The maximum absolute atomic E-state index is 12.3. The molecule has 0 saturated heterocycles. The first-order valence-electron chi connectivity index (χ1n) is 6.49. The lowest BCUT2D eigenvalue weighted by molar-refractivity contribution is 0.581. The van der Waals surface area contributed by atoms with Gasteiger partial charge in [-0.3, -0.25) is 0 Å². The fourth-order valence-electron chi connectivity index (χ4n) is 2.01. The molecule has 0 spiro atoms. The molecule has 0 aromatic heterocycles. The number of nitrogens with one attached hydrogen (secondary N) is 1. The number of hydrogen-bond donors (Lipinski definition) is 2. The second kappa shape index (κ2) is 6.47. The Labute approximate surface area is 130 Å². The molecule has 2 aromatic rings. The van der Waals surface area contributed by atoms with Crippen LogP contribution in [0.2, 0.25) is 5.02 Å². The lowest BCUT2D eigenvalue weighted by Crippen LogP contribution is -2.26. The normalized spacial score (nSPS) is 11.5. The summed E-state index contributed by atoms with van der Waals surface area (Å²) in [7, 11) is -3.62. The first kappa shape index (κ1) is 15.8. The number of halogens is 1. The van der Waals surface area contributed by atoms with Gasteiger partial charge in [-0.1, -0.05) is 41.9 Å². The van der Waals surface area contributed by atoms with Crippen molar-refractivity contribution in [1.29, 1.82) is 0 Å². The second-order valence-electron chi connectivity index (χ2n) is 4.75. The summed E-state index contributed by atoms with van der Waals surface area (Å²) >= 11 is 5.89. The number of benzene rings is 2. The van der Waals surface area contributed by atoms with Crippen LogP contribution in [0.5, 0.6) is 0 Å². The molecule has 0 atom stereocenters. The van der Waals surface area contributed by atoms with Crippen molar-refractivity contribution in [3.63, 3.8) is 0 Å². The third-order valence-electron chi connectivity index (χ3n) is 3.20. The van der Waals surface area contributed by atoms with Crippen LogP contribution in [0.1, 0.15) is 11.1 Å². The van der Waals surface area contributed by atoms with E-state index in [1.807, 2.05) is 30.3 Å². The van der Waals surface area contributed by atoms with Gasteiger partial charge in [-0.25, -0.2) is 13.1 Å². The highest BCUT2D eigenvalue weighted by atomic mass is 35.5. The number of anilines is 1. The van der Waals surface area contributed by atoms with Crippen molar-refractivity contribution in [2.24, 2.45) is 0 Å². The van der Waals surface area contributed by atoms with E-state index < -0.39 is 10.0 Å². The Balaban J connectivity index is 2.12. The van der Waals surface area contributed by atoms with Gasteiger partial charge in [0.15, 0.2) is 0 Å². The van der Waals surface area contributed by atoms with Crippen molar-refractivity contribution < 1.29 is 8.42 Å². The molecule has 0 aliphatic heterocycles. The maximum atomic E-state index is 12.3. The van der Waals surface area contributed by atoms with Gasteiger partial charge in [-0.2, -0.15) is 0 Å². The summed E-state index contributed by atoms with van der Waals surface area (Å²) in [5, 5.41) is 0.307. The zero-order valence-electron chi connectivity index (χ0n) is 11.6. The van der Waals surface area contributed by atoms with Crippen LogP contribution in [0.3, 0.4) is 0 Å². The molecule has 0 aliphatic carbocycles. The van der Waals surface area contributed by atoms with Crippen LogP contribution < -0.4 is 10.5 Å². The highest BCUT2D eigenvalue weighted by Crippen LogP contribution is 2.25. The summed E-state index contributed by atoms with van der Waals surface area (Å²) in [6.07, 6.45) is 0.620. The van der Waals surface area contributed by atoms with E-state index in [9.17, 15) is 8.42 Å². The van der Waals surface area contributed by atoms with E-state index in [4.69, 9.17) is 17.3 Å². The smallest absolute Gasteiger partial charge is 0.240 e. The molecule has 0 saturated carbocycles. The number of nitrogens with two attached hydrogens (primary N) is 1. The first-order chi connectivity index (χ1) is 9.90. The van der Waals surface area contributed by atoms with Crippen LogP contribution in [-0.4, -0.2) is 15.0 Å². The molecule has 2 rings (SSSR count). The van der Waals surface area contributed by atoms with Crippen LogP contribution in [0, 0.1) is 6.92 Å². The van der Waals surface area contributed by atoms with Crippen molar-refractivity contribution in [3.8, 4) is 0 Å². The molecular weight excluding hydrogens is 308 g/mol. The standard InChI is InChI=1S/C15H17ClN2O2S/c1-11-14(17)9-13(16)10-15(11)21(19,20)18-8-7-12-5-3-2-4-6-12/h2-6,9-10,18H,7-8,17H2,1H3. The molecule has 0 radical (unpaired) electrons. The molecule has 0 fully saturated rings. The molecule has 6 heteroatoms. The van der Waals surface area contributed by atoms with Gasteiger partial charge in [0.05, 0.1) is 4.90 Å². The van der Waals surface area contributed by atoms with E-state index >= 15 is 0 Å². The van der Waals surface area contributed by atoms with Crippen LogP contribution in [0.4, 0.5) is 5.69 Å². The Kier molecular flexibility index (Phi) is 4.88. The number of sulfonamides is 1. The summed E-state index contributed by atoms with van der Waals surface area (Å²) in [4.78, 5) is 0.126. The van der Waals surface area contributed by atoms with Gasteiger partial charge in [0.1, 0.15) is 0 Å². The minimum Gasteiger partial charge on any atom is -0.398 e. The third-order valence-corrected chi connectivity index (χ3v) is 5.01. The first-order valence-corrected chi connectivity index (χ1v) is 8.35. The molecule has 0 bridgehead atoms. The largest absolute Gasteiger partial charge is 0.398 e. The summed E-state index contributed by atoms with van der Waals surface area (Å²) in [6, 6.07) is 12.6. The molecule has 2 aromatic carbocycles. The van der Waals surface area contributed by atoms with Gasteiger partial charge in [-0.05, 0) is 36.6 Å². The van der Waals surface area contributed by atoms with Crippen molar-refractivity contribution >= 4 is 27.3 Å². The van der Waals surface area contributed by atoms with Gasteiger partial charge in [0.25, 0.3) is 0 Å². The predicted octanol–water partition coefficient (Wildman–Crippen LogP) is 2.75. The molecule has 0 aliphatic rings. The average molecular weight is 325 g/mol. The highest BCUT2D eigenvalue weighted by molar-refractivity contribution is 7.89. The van der Waals surface area contributed by atoms with E-state index in [0.29, 0.717) is 29.2 Å². The molecule has 0 amide bonds. The Hall–Kier alpha value is -1.56. The van der Waals surface area contributed by atoms with E-state index in [2.05, 4.69) is 4.72 Å². The number of rotatable bonds is 5. The molecule has 21 heavy (non-hydrogen) atoms. The summed E-state index contributed by atoms with van der Waals surface area (Å²) in [5.41, 5.74) is 7.71. The van der Waals surface area contributed by atoms with Crippen molar-refractivity contribution in [2.75, 3.05) is 12.3 Å². The predicted molar refractivity (Wildman–Crippen MR) is 85.9 cm³/mol. The average Bonchev–Trinajstić information content (AvgIpc) is 2.43. The maximum Gasteiger partial charge on any atom is 0.240 e. The molecule has 112 valence electrons. The molecular formula is C15H17ClN2O2S. The number of hydrogen-bond acceptors (Lipinski definition) is 3. The third kappa shape index (κ3) is 3.97. The van der Waals surface area contributed by atoms with E-state index in [1.165, 1.54) is 6.07 Å². The van der Waals surface area contributed by atoms with Gasteiger partial charge in [-0.15, -0.1) is 0 Å². The lowest BCUT2D eigenvalue weighted by atomic mass is 10.2. The zero-order valence-corrected chi connectivity index (χ0v) is 13.2. The fraction of sp³-hybridized carbons (Fsp3) is 0.200. The van der Waals surface area contributed by atoms with Crippen molar-refractivity contribution in [1.82, 2.24) is 4.72 Å². The van der Waals surface area contributed by atoms with Gasteiger partial charge < -0.3 is 5.73 Å². The van der Waals surface area contributed by atoms with E-state index in [-0.39, 0.29) is 4.90 Å². The minimum absolute atomic E-state index is 0.126. The summed E-state index contributed by atoms with van der Waals surface area (Å²) in [6.45, 7) is 1.98. The summed E-state index contributed by atoms with van der Waals surface area (Å²) in [5.74, 6) is 0. The van der Waals surface area contributed by atoms with E-state index in [0.717, 1.165) is 5.56 Å². The lowest BCUT2D eigenvalue weighted by Gasteiger charge is -2.11. The van der Waals surface area contributed by atoms with Crippen LogP contribution in [-0.2, 0) is 16.4 Å². The highest BCUT2D eigenvalue weighted by Gasteiger charge is 2.18. The quantitative estimate of drug-likeness (QED) is 0.831. The number of nitrogen functional groups attached to an aromatic ring is 1. The molecule has 3 N–H and O–H groups in total. The Morgan fingerprint density at radius 3 is 2.52 bits per heavy atom. The van der Waals surface area contributed by atoms with Gasteiger partial charge in [0, 0.05) is 17.3 Å². The van der Waals surface area contributed by atoms with Crippen molar-refractivity contribution in [2.45, 2.75) is 18.2 Å². The van der Waals surface area contributed by atoms with Crippen molar-refractivity contribution in [3.05, 3.63) is 58.6 Å². The fourth-order valence-corrected chi connectivity index (χ4v) is 3.63. The Bertz CT molecular complexity index is 731. The van der Waals surface area contributed by atoms with Gasteiger partial charge >= 0.3 is 0 Å². The second-order valence-corrected chi connectivity index (χ2v) is 6.92. The SMILES string of the molecule is Cc1c(N)cc(Cl)cc1S(=O)(=O)NCCc1ccccc1. The van der Waals surface area contributed by atoms with E-state index in [1.54, 1.807) is 13.0 Å².